The summed E-state index contributed by atoms with van der Waals surface area (Å²) >= 11 is 0. The molecule has 33 heavy (non-hydrogen) atoms. The summed E-state index contributed by atoms with van der Waals surface area (Å²) in [6, 6.07) is 4.01. The second kappa shape index (κ2) is 7.33. The number of amidine groups is 1. The van der Waals surface area contributed by atoms with Crippen LogP contribution in [-0.4, -0.2) is 42.6 Å². The monoisotopic (exact) mass is 492 g/mol. The fourth-order valence-electron chi connectivity index (χ4n) is 3.42. The number of nitrogens with zero attached hydrogens (tertiary/aromatic N) is 1. The highest BCUT2D eigenvalue weighted by Gasteiger charge is 2.65. The molecule has 180 valence electrons. The van der Waals surface area contributed by atoms with Crippen molar-refractivity contribution in [3.05, 3.63) is 52.6 Å². The summed E-state index contributed by atoms with van der Waals surface area (Å²) < 4.78 is 71.4. The molecule has 3 rings (SSSR count). The van der Waals surface area contributed by atoms with Crippen LogP contribution in [0.5, 0.6) is 5.75 Å². The van der Waals surface area contributed by atoms with E-state index in [9.17, 15) is 29.0 Å². The number of carbonyl (C=O) groups is 2. The Morgan fingerprint density at radius 3 is 2.39 bits per heavy atom. The molecule has 1 aliphatic rings. The summed E-state index contributed by atoms with van der Waals surface area (Å²) in [6.45, 7) is 1.47. The zero-order valence-corrected chi connectivity index (χ0v) is 18.4. The maximum atomic E-state index is 13.2. The quantitative estimate of drug-likeness (QED) is 0.295. The Kier molecular flexibility index (Phi) is 5.40. The molecular weight excluding hydrogens is 471 g/mol. The molecule has 0 unspecified atom stereocenters. The van der Waals surface area contributed by atoms with Gasteiger partial charge in [-0.1, -0.05) is 19.4 Å². The second-order valence-corrected chi connectivity index (χ2v) is 9.81. The maximum Gasteiger partial charge on any atom is 0.310 e. The highest BCUT2D eigenvalue weighted by molar-refractivity contribution is 8.45. The molecule has 0 aliphatic carbocycles. The van der Waals surface area contributed by atoms with E-state index in [1.165, 1.54) is 18.0 Å². The zero-order chi connectivity index (χ0) is 24.8. The van der Waals surface area contributed by atoms with E-state index in [4.69, 9.17) is 15.9 Å². The van der Waals surface area contributed by atoms with Crippen LogP contribution < -0.4 is 15.8 Å². The third kappa shape index (κ3) is 5.02. The standard InChI is InChI=1S/C20H21F5N4O3S/c1-3-32-18-6-12-9-29(19(27)15(12)8-16(18)20(31)28-2)10-17(30)11-4-13(26)7-14(5-11)33(21,22,23,24)25/h4-8,27H,3,9-10,26H2,1-2H3,(H,28,31). The van der Waals surface area contributed by atoms with Gasteiger partial charge >= 0.3 is 10.2 Å². The van der Waals surface area contributed by atoms with Gasteiger partial charge in [0.1, 0.15) is 16.5 Å². The summed E-state index contributed by atoms with van der Waals surface area (Å²) in [4.78, 5) is 23.8. The van der Waals surface area contributed by atoms with Crippen molar-refractivity contribution >= 4 is 33.4 Å². The minimum absolute atomic E-state index is 0.0325. The molecule has 4 N–H and O–H groups in total. The summed E-state index contributed by atoms with van der Waals surface area (Å²) in [5.74, 6) is -1.26. The van der Waals surface area contributed by atoms with E-state index in [-0.39, 0.29) is 42.4 Å². The van der Waals surface area contributed by atoms with Crippen LogP contribution >= 0.6 is 10.2 Å². The van der Waals surface area contributed by atoms with E-state index in [2.05, 4.69) is 5.32 Å². The SMILES string of the molecule is CCOc1cc2c(cc1C(=O)NC)C(=N)N(CC(=O)c1cc(N)cc(S(F)(F)(F)(F)F)c1)C2. The van der Waals surface area contributed by atoms with Gasteiger partial charge in [-0.2, -0.15) is 0 Å². The molecule has 0 saturated carbocycles. The number of nitrogens with one attached hydrogen (secondary N) is 2. The molecule has 0 saturated heterocycles. The Labute approximate surface area is 185 Å². The Bertz CT molecular complexity index is 1190. The van der Waals surface area contributed by atoms with Crippen LogP contribution in [0, 0.1) is 5.41 Å². The van der Waals surface area contributed by atoms with E-state index in [1.54, 1.807) is 13.0 Å². The van der Waals surface area contributed by atoms with Gasteiger partial charge in [-0.3, -0.25) is 15.0 Å². The molecule has 0 radical (unpaired) electrons. The number of ketones is 1. The molecule has 2 aromatic rings. The first-order valence-corrected chi connectivity index (χ1v) is 11.5. The lowest BCUT2D eigenvalue weighted by Gasteiger charge is -2.40. The molecule has 13 heteroatoms. The van der Waals surface area contributed by atoms with Crippen molar-refractivity contribution in [2.45, 2.75) is 18.4 Å². The van der Waals surface area contributed by atoms with Gasteiger partial charge in [-0.15, -0.1) is 0 Å². The van der Waals surface area contributed by atoms with Crippen molar-refractivity contribution in [3.63, 3.8) is 0 Å². The van der Waals surface area contributed by atoms with Crippen LogP contribution in [0.4, 0.5) is 25.1 Å². The Hall–Kier alpha value is -3.35. The highest BCUT2D eigenvalue weighted by atomic mass is 32.5. The van der Waals surface area contributed by atoms with Crippen molar-refractivity contribution in [2.75, 3.05) is 25.9 Å². The average molecular weight is 492 g/mol. The molecule has 7 nitrogen and oxygen atoms in total. The number of hydrogen-bond acceptors (Lipinski definition) is 5. The minimum Gasteiger partial charge on any atom is -0.493 e. The molecule has 1 amide bonds. The fraction of sp³-hybridized carbons (Fsp3) is 0.250. The number of anilines is 1. The van der Waals surface area contributed by atoms with E-state index in [0.29, 0.717) is 11.1 Å². The van der Waals surface area contributed by atoms with Crippen LogP contribution in [0.15, 0.2) is 35.2 Å². The van der Waals surface area contributed by atoms with Gasteiger partial charge in [0, 0.05) is 30.4 Å². The Morgan fingerprint density at radius 1 is 1.15 bits per heavy atom. The summed E-state index contributed by atoms with van der Waals surface area (Å²) in [5.41, 5.74) is 5.13. The number of hydrogen-bond donors (Lipinski definition) is 3. The van der Waals surface area contributed by atoms with Gasteiger partial charge in [-0.05, 0) is 42.8 Å². The minimum atomic E-state index is -10.0. The van der Waals surface area contributed by atoms with Crippen LogP contribution in [0.1, 0.15) is 38.8 Å². The average Bonchev–Trinajstić information content (AvgIpc) is 2.99. The lowest BCUT2D eigenvalue weighted by molar-refractivity contribution is 0.0953. The first-order valence-electron chi connectivity index (χ1n) is 9.57. The van der Waals surface area contributed by atoms with Gasteiger partial charge in [0.15, 0.2) is 5.78 Å². The van der Waals surface area contributed by atoms with Crippen LogP contribution in [0.3, 0.4) is 0 Å². The number of nitrogens with two attached hydrogens (primary N) is 1. The number of ether oxygens (including phenoxy) is 1. The zero-order valence-electron chi connectivity index (χ0n) is 17.6. The number of halogens is 5. The topological polar surface area (TPSA) is 109 Å². The third-order valence-electron chi connectivity index (χ3n) is 4.94. The molecule has 1 aliphatic heterocycles. The third-order valence-corrected chi connectivity index (χ3v) is 6.07. The summed E-state index contributed by atoms with van der Waals surface area (Å²) in [5, 5.41) is 10.8. The molecule has 0 atom stereocenters. The van der Waals surface area contributed by atoms with Gasteiger partial charge < -0.3 is 20.7 Å². The predicted molar refractivity (Wildman–Crippen MR) is 115 cm³/mol. The van der Waals surface area contributed by atoms with Crippen LogP contribution in [-0.2, 0) is 6.54 Å². The highest BCUT2D eigenvalue weighted by Crippen LogP contribution is 3.02. The van der Waals surface area contributed by atoms with Crippen LogP contribution in [0.2, 0.25) is 0 Å². The van der Waals surface area contributed by atoms with Crippen molar-refractivity contribution in [3.8, 4) is 5.75 Å². The van der Waals surface area contributed by atoms with Gasteiger partial charge in [0.2, 0.25) is 0 Å². The Balaban J connectivity index is 1.91. The normalized spacial score (nSPS) is 15.5. The molecule has 1 heterocycles. The second-order valence-electron chi connectivity index (χ2n) is 7.41. The maximum absolute atomic E-state index is 13.2. The van der Waals surface area contributed by atoms with Crippen LogP contribution in [0.25, 0.3) is 0 Å². The number of benzene rings is 2. The van der Waals surface area contributed by atoms with E-state index in [1.807, 2.05) is 0 Å². The fourth-order valence-corrected chi connectivity index (χ4v) is 4.13. The molecular formula is C20H21F5N4O3S. The number of carbonyl (C=O) groups excluding carboxylic acids is 2. The molecule has 0 spiro atoms. The van der Waals surface area contributed by atoms with E-state index in [0.717, 1.165) is 6.07 Å². The summed E-state index contributed by atoms with van der Waals surface area (Å²) in [6.07, 6.45) is 0. The van der Waals surface area contributed by atoms with Gasteiger partial charge in [0.05, 0.1) is 18.7 Å². The van der Waals surface area contributed by atoms with Crippen molar-refractivity contribution in [2.24, 2.45) is 0 Å². The first-order chi connectivity index (χ1) is 15.0. The van der Waals surface area contributed by atoms with Crippen molar-refractivity contribution in [1.29, 1.82) is 5.41 Å². The number of nitrogen functional groups attached to an aromatic ring is 1. The first kappa shape index (κ1) is 24.3. The van der Waals surface area contributed by atoms with Gasteiger partial charge in [-0.25, -0.2) is 0 Å². The van der Waals surface area contributed by atoms with E-state index < -0.39 is 44.6 Å². The van der Waals surface area contributed by atoms with Crippen molar-refractivity contribution < 1.29 is 33.8 Å². The Morgan fingerprint density at radius 2 is 1.82 bits per heavy atom. The number of amides is 1. The van der Waals surface area contributed by atoms with Crippen molar-refractivity contribution in [1.82, 2.24) is 10.2 Å². The lowest BCUT2D eigenvalue weighted by Crippen LogP contribution is -2.30. The largest absolute Gasteiger partial charge is 0.493 e. The molecule has 0 bridgehead atoms. The molecule has 0 fully saturated rings. The smallest absolute Gasteiger partial charge is 0.310 e. The molecule has 0 aromatic heterocycles. The van der Waals surface area contributed by atoms with Gasteiger partial charge in [0.25, 0.3) is 5.91 Å². The number of fused-ring (bicyclic) bond motifs is 1. The lowest BCUT2D eigenvalue weighted by atomic mass is 10.0. The predicted octanol–water partition coefficient (Wildman–Crippen LogP) is 4.71. The van der Waals surface area contributed by atoms with E-state index >= 15 is 0 Å². The summed E-state index contributed by atoms with van der Waals surface area (Å²) in [7, 11) is -8.62. The number of rotatable bonds is 7. The number of Topliss-reactive ketones (excluding diaryl/α,β-unsaturated/α-hetero) is 1. The molecule has 2 aromatic carbocycles.